The van der Waals surface area contributed by atoms with Crippen molar-refractivity contribution in [1.29, 1.82) is 0 Å². The molecule has 1 amide bonds. The van der Waals surface area contributed by atoms with Crippen molar-refractivity contribution in [2.24, 2.45) is 5.92 Å². The molecule has 2 fully saturated rings. The Kier molecular flexibility index (Phi) is 5.35. The minimum atomic E-state index is 0.245. The van der Waals surface area contributed by atoms with E-state index in [9.17, 15) is 4.79 Å². The highest BCUT2D eigenvalue weighted by molar-refractivity contribution is 5.81. The van der Waals surface area contributed by atoms with Crippen molar-refractivity contribution in [3.05, 3.63) is 42.0 Å². The van der Waals surface area contributed by atoms with Gasteiger partial charge in [0.1, 0.15) is 18.4 Å². The number of hydrogen-bond donors (Lipinski definition) is 0. The van der Waals surface area contributed by atoms with Gasteiger partial charge in [0.2, 0.25) is 5.91 Å². The second-order valence-electron chi connectivity index (χ2n) is 8.00. The Balaban J connectivity index is 1.45. The van der Waals surface area contributed by atoms with Crippen LogP contribution < -0.4 is 4.74 Å². The van der Waals surface area contributed by atoms with Gasteiger partial charge in [-0.1, -0.05) is 6.07 Å². The van der Waals surface area contributed by atoms with Crippen molar-refractivity contribution in [2.75, 3.05) is 20.2 Å². The van der Waals surface area contributed by atoms with E-state index in [-0.39, 0.29) is 6.04 Å². The van der Waals surface area contributed by atoms with Gasteiger partial charge in [-0.05, 0) is 44.4 Å². The van der Waals surface area contributed by atoms with Gasteiger partial charge in [-0.2, -0.15) is 5.10 Å². The summed E-state index contributed by atoms with van der Waals surface area (Å²) in [6.07, 6.45) is 5.40. The molecule has 0 N–H and O–H groups in total. The first-order valence-corrected chi connectivity index (χ1v) is 10.1. The van der Waals surface area contributed by atoms with E-state index in [4.69, 9.17) is 4.74 Å². The van der Waals surface area contributed by atoms with E-state index in [0.29, 0.717) is 24.4 Å². The number of aromatic nitrogens is 3. The molecule has 1 aliphatic carbocycles. The van der Waals surface area contributed by atoms with Gasteiger partial charge in [0, 0.05) is 43.2 Å². The highest BCUT2D eigenvalue weighted by atomic mass is 16.5. The Hall–Kier alpha value is -2.41. The zero-order valence-corrected chi connectivity index (χ0v) is 16.9. The third-order valence-corrected chi connectivity index (χ3v) is 6.13. The second kappa shape index (κ2) is 7.91. The van der Waals surface area contributed by atoms with E-state index >= 15 is 0 Å². The van der Waals surface area contributed by atoms with Crippen LogP contribution in [0, 0.1) is 5.92 Å². The van der Waals surface area contributed by atoms with E-state index in [1.807, 2.05) is 6.07 Å². The molecular weight excluding hydrogens is 354 g/mol. The average Bonchev–Trinajstić information content (AvgIpc) is 3.43. The number of amides is 1. The molecule has 1 saturated heterocycles. The SMILES string of the molecule is COc1ccc(CN2CCN(C(=O)C3CC3)[C@H](C)[C@H]2C)cc1Cn1cncn1. The van der Waals surface area contributed by atoms with Crippen LogP contribution in [0.1, 0.15) is 37.8 Å². The largest absolute Gasteiger partial charge is 0.496 e. The third kappa shape index (κ3) is 3.90. The van der Waals surface area contributed by atoms with Crippen LogP contribution in [0.2, 0.25) is 0 Å². The molecule has 2 aliphatic rings. The monoisotopic (exact) mass is 383 g/mol. The summed E-state index contributed by atoms with van der Waals surface area (Å²) in [5, 5.41) is 4.20. The molecule has 28 heavy (non-hydrogen) atoms. The lowest BCUT2D eigenvalue weighted by molar-refractivity contribution is -0.139. The normalized spacial score (nSPS) is 23.0. The van der Waals surface area contributed by atoms with Crippen LogP contribution in [0.5, 0.6) is 5.75 Å². The lowest BCUT2D eigenvalue weighted by Gasteiger charge is -2.45. The van der Waals surface area contributed by atoms with Gasteiger partial charge in [0.15, 0.2) is 0 Å². The number of rotatable bonds is 6. The molecule has 7 heteroatoms. The first kappa shape index (κ1) is 18.9. The lowest BCUT2D eigenvalue weighted by atomic mass is 10.0. The van der Waals surface area contributed by atoms with Gasteiger partial charge in [-0.25, -0.2) is 9.67 Å². The summed E-state index contributed by atoms with van der Waals surface area (Å²) in [7, 11) is 1.69. The van der Waals surface area contributed by atoms with Crippen LogP contribution in [0.25, 0.3) is 0 Å². The minimum Gasteiger partial charge on any atom is -0.496 e. The number of ether oxygens (including phenoxy) is 1. The summed E-state index contributed by atoms with van der Waals surface area (Å²) < 4.78 is 7.33. The second-order valence-corrected chi connectivity index (χ2v) is 8.00. The van der Waals surface area contributed by atoms with Crippen LogP contribution in [0.4, 0.5) is 0 Å². The van der Waals surface area contributed by atoms with Gasteiger partial charge in [-0.3, -0.25) is 9.69 Å². The molecule has 0 radical (unpaired) electrons. The number of carbonyl (C=O) groups excluding carboxylic acids is 1. The van der Waals surface area contributed by atoms with Gasteiger partial charge in [0.25, 0.3) is 0 Å². The van der Waals surface area contributed by atoms with Gasteiger partial charge in [-0.15, -0.1) is 0 Å². The minimum absolute atomic E-state index is 0.245. The molecule has 1 aromatic carbocycles. The van der Waals surface area contributed by atoms with E-state index in [2.05, 4.69) is 45.9 Å². The van der Waals surface area contributed by atoms with Crippen LogP contribution >= 0.6 is 0 Å². The Morgan fingerprint density at radius 1 is 1.18 bits per heavy atom. The predicted molar refractivity (Wildman–Crippen MR) is 106 cm³/mol. The maximum atomic E-state index is 12.5. The highest BCUT2D eigenvalue weighted by Crippen LogP contribution is 2.33. The fourth-order valence-corrected chi connectivity index (χ4v) is 4.08. The summed E-state index contributed by atoms with van der Waals surface area (Å²) >= 11 is 0. The summed E-state index contributed by atoms with van der Waals surface area (Å²) in [6.45, 7) is 7.65. The van der Waals surface area contributed by atoms with Crippen LogP contribution in [-0.2, 0) is 17.9 Å². The molecule has 4 rings (SSSR count). The Labute approximate surface area is 166 Å². The van der Waals surface area contributed by atoms with Crippen LogP contribution in [0.3, 0.4) is 0 Å². The van der Waals surface area contributed by atoms with Crippen molar-refractivity contribution in [3.63, 3.8) is 0 Å². The van der Waals surface area contributed by atoms with Gasteiger partial charge in [0.05, 0.1) is 13.7 Å². The van der Waals surface area contributed by atoms with Gasteiger partial charge >= 0.3 is 0 Å². The number of nitrogens with zero attached hydrogens (tertiary/aromatic N) is 5. The van der Waals surface area contributed by atoms with Crippen molar-refractivity contribution < 1.29 is 9.53 Å². The molecular formula is C21H29N5O2. The summed E-state index contributed by atoms with van der Waals surface area (Å²) in [5.74, 6) is 1.52. The predicted octanol–water partition coefficient (Wildman–Crippen LogP) is 2.17. The molecule has 2 aromatic rings. The smallest absolute Gasteiger partial charge is 0.226 e. The number of carbonyl (C=O) groups is 1. The number of piperazine rings is 1. The molecule has 0 bridgehead atoms. The zero-order valence-electron chi connectivity index (χ0n) is 16.9. The fourth-order valence-electron chi connectivity index (χ4n) is 4.08. The molecule has 1 saturated carbocycles. The molecule has 2 atom stereocenters. The molecule has 1 aromatic heterocycles. The summed E-state index contributed by atoms with van der Waals surface area (Å²) in [4.78, 5) is 21.1. The molecule has 0 unspecified atom stereocenters. The molecule has 0 spiro atoms. The van der Waals surface area contributed by atoms with Gasteiger partial charge < -0.3 is 9.64 Å². The maximum absolute atomic E-state index is 12.5. The van der Waals surface area contributed by atoms with Crippen LogP contribution in [-0.4, -0.2) is 62.8 Å². The Morgan fingerprint density at radius 3 is 2.68 bits per heavy atom. The fraction of sp³-hybridized carbons (Fsp3) is 0.571. The average molecular weight is 383 g/mol. The summed E-state index contributed by atoms with van der Waals surface area (Å²) in [6, 6.07) is 6.93. The highest BCUT2D eigenvalue weighted by Gasteiger charge is 2.39. The van der Waals surface area contributed by atoms with E-state index in [1.165, 1.54) is 5.56 Å². The number of benzene rings is 1. The number of hydrogen-bond acceptors (Lipinski definition) is 5. The molecule has 7 nitrogen and oxygen atoms in total. The molecule has 1 aliphatic heterocycles. The Morgan fingerprint density at radius 2 is 2.00 bits per heavy atom. The maximum Gasteiger partial charge on any atom is 0.226 e. The van der Waals surface area contributed by atoms with Crippen molar-refractivity contribution >= 4 is 5.91 Å². The zero-order chi connectivity index (χ0) is 19.7. The first-order valence-electron chi connectivity index (χ1n) is 10.1. The third-order valence-electron chi connectivity index (χ3n) is 6.13. The topological polar surface area (TPSA) is 63.5 Å². The first-order chi connectivity index (χ1) is 13.6. The Bertz CT molecular complexity index is 818. The van der Waals surface area contributed by atoms with Crippen molar-refractivity contribution in [3.8, 4) is 5.75 Å². The lowest BCUT2D eigenvalue weighted by Crippen LogP contribution is -2.58. The van der Waals surface area contributed by atoms with E-state index < -0.39 is 0 Å². The van der Waals surface area contributed by atoms with Crippen LogP contribution in [0.15, 0.2) is 30.9 Å². The van der Waals surface area contributed by atoms with E-state index in [0.717, 1.165) is 43.8 Å². The molecule has 150 valence electrons. The summed E-state index contributed by atoms with van der Waals surface area (Å²) in [5.41, 5.74) is 2.34. The van der Waals surface area contributed by atoms with E-state index in [1.54, 1.807) is 24.4 Å². The number of methoxy groups -OCH3 is 1. The van der Waals surface area contributed by atoms with Crippen molar-refractivity contribution in [1.82, 2.24) is 24.6 Å². The van der Waals surface area contributed by atoms with Crippen molar-refractivity contribution in [2.45, 2.75) is 51.9 Å². The quantitative estimate of drug-likeness (QED) is 0.765. The standard InChI is InChI=1S/C21H29N5O2/c1-15-16(2)26(21(27)18-5-6-18)9-8-24(15)11-17-4-7-20(28-3)19(10-17)12-25-14-22-13-23-25/h4,7,10,13-16,18H,5-6,8-9,11-12H2,1-3H3/t15-,16-/m1/s1. The molecule has 2 heterocycles.